The van der Waals surface area contributed by atoms with Gasteiger partial charge in [0.2, 0.25) is 0 Å². The lowest BCUT2D eigenvalue weighted by Crippen LogP contribution is -2.47. The van der Waals surface area contributed by atoms with E-state index >= 15 is 0 Å². The molecule has 1 aliphatic carbocycles. The monoisotopic (exact) mass is 304 g/mol. The Labute approximate surface area is 131 Å². The van der Waals surface area contributed by atoms with Crippen molar-refractivity contribution in [2.75, 3.05) is 0 Å². The molecule has 2 rings (SSSR count). The molecule has 0 bridgehead atoms. The molecule has 1 aliphatic rings. The zero-order valence-electron chi connectivity index (χ0n) is 13.4. The van der Waals surface area contributed by atoms with E-state index in [9.17, 15) is 9.59 Å². The Morgan fingerprint density at radius 2 is 2.09 bits per heavy atom. The maximum absolute atomic E-state index is 12.2. The first-order valence-electron chi connectivity index (χ1n) is 7.91. The molecule has 5 nitrogen and oxygen atoms in total. The molecule has 0 spiro atoms. The van der Waals surface area contributed by atoms with Crippen LogP contribution in [0.1, 0.15) is 50.5 Å². The van der Waals surface area contributed by atoms with Gasteiger partial charge in [-0.1, -0.05) is 32.8 Å². The Balaban J connectivity index is 1.88. The van der Waals surface area contributed by atoms with Crippen LogP contribution in [-0.4, -0.2) is 29.0 Å². The zero-order chi connectivity index (χ0) is 16.1. The van der Waals surface area contributed by atoms with E-state index in [-0.39, 0.29) is 17.6 Å². The summed E-state index contributed by atoms with van der Waals surface area (Å²) in [5.74, 6) is 0.227. The van der Waals surface area contributed by atoms with E-state index in [1.165, 1.54) is 12.6 Å². The minimum absolute atomic E-state index is 0.159. The second-order valence-electron chi connectivity index (χ2n) is 6.14. The standard InChI is InChI=1S/C17H24N2O3/c1-11-7-6-9-14(12(11)2)19-16(20)13(3)22-17(21)15-8-4-5-10-18-15/h4-5,8,10-14H,6-7,9H2,1-3H3,(H,19,20)/t11-,12+,13+,14+/m0/s1. The van der Waals surface area contributed by atoms with Gasteiger partial charge < -0.3 is 10.1 Å². The van der Waals surface area contributed by atoms with Crippen molar-refractivity contribution in [3.8, 4) is 0 Å². The topological polar surface area (TPSA) is 68.3 Å². The summed E-state index contributed by atoms with van der Waals surface area (Å²) >= 11 is 0. The van der Waals surface area contributed by atoms with E-state index in [1.54, 1.807) is 25.1 Å². The predicted molar refractivity (Wildman–Crippen MR) is 83.2 cm³/mol. The summed E-state index contributed by atoms with van der Waals surface area (Å²) in [7, 11) is 0. The Kier molecular flexibility index (Phi) is 5.52. The molecule has 1 aromatic rings. The summed E-state index contributed by atoms with van der Waals surface area (Å²) in [6, 6.07) is 5.16. The molecule has 0 radical (unpaired) electrons. The van der Waals surface area contributed by atoms with E-state index in [0.29, 0.717) is 11.8 Å². The number of nitrogens with one attached hydrogen (secondary N) is 1. The Morgan fingerprint density at radius 3 is 2.77 bits per heavy atom. The van der Waals surface area contributed by atoms with Gasteiger partial charge in [-0.05, 0) is 37.3 Å². The normalized spacial score (nSPS) is 26.0. The van der Waals surface area contributed by atoms with E-state index in [4.69, 9.17) is 4.74 Å². The molecule has 0 aromatic carbocycles. The number of aromatic nitrogens is 1. The van der Waals surface area contributed by atoms with E-state index in [1.807, 2.05) is 0 Å². The highest BCUT2D eigenvalue weighted by Crippen LogP contribution is 2.29. The quantitative estimate of drug-likeness (QED) is 0.868. The van der Waals surface area contributed by atoms with Crippen molar-refractivity contribution >= 4 is 11.9 Å². The van der Waals surface area contributed by atoms with Crippen LogP contribution in [0.4, 0.5) is 0 Å². The van der Waals surface area contributed by atoms with Crippen molar-refractivity contribution in [3.05, 3.63) is 30.1 Å². The van der Waals surface area contributed by atoms with Crippen molar-refractivity contribution < 1.29 is 14.3 Å². The summed E-state index contributed by atoms with van der Waals surface area (Å²) < 4.78 is 5.19. The smallest absolute Gasteiger partial charge is 0.357 e. The third-order valence-electron chi connectivity index (χ3n) is 4.56. The van der Waals surface area contributed by atoms with Crippen LogP contribution in [0.25, 0.3) is 0 Å². The first-order valence-corrected chi connectivity index (χ1v) is 7.91. The first kappa shape index (κ1) is 16.5. The van der Waals surface area contributed by atoms with Crippen LogP contribution < -0.4 is 5.32 Å². The average Bonchev–Trinajstić information content (AvgIpc) is 2.52. The third kappa shape index (κ3) is 4.06. The van der Waals surface area contributed by atoms with Gasteiger partial charge in [0.25, 0.3) is 5.91 Å². The van der Waals surface area contributed by atoms with Gasteiger partial charge in [0.15, 0.2) is 6.10 Å². The molecule has 1 N–H and O–H groups in total. The molecule has 0 saturated heterocycles. The van der Waals surface area contributed by atoms with Gasteiger partial charge in [0, 0.05) is 12.2 Å². The molecule has 4 atom stereocenters. The SMILES string of the molecule is C[C@@H]1[C@@H](C)CCC[C@H]1NC(=O)[C@@H](C)OC(=O)c1ccccn1. The van der Waals surface area contributed by atoms with Crippen LogP contribution in [-0.2, 0) is 9.53 Å². The minimum atomic E-state index is -0.820. The molecule has 0 unspecified atom stereocenters. The van der Waals surface area contributed by atoms with Crippen molar-refractivity contribution in [2.24, 2.45) is 11.8 Å². The Morgan fingerprint density at radius 1 is 1.32 bits per heavy atom. The van der Waals surface area contributed by atoms with E-state index in [0.717, 1.165) is 12.8 Å². The van der Waals surface area contributed by atoms with Gasteiger partial charge in [-0.15, -0.1) is 0 Å². The maximum atomic E-state index is 12.2. The third-order valence-corrected chi connectivity index (χ3v) is 4.56. The fourth-order valence-corrected chi connectivity index (χ4v) is 2.84. The van der Waals surface area contributed by atoms with Gasteiger partial charge in [0.1, 0.15) is 5.69 Å². The van der Waals surface area contributed by atoms with Crippen LogP contribution in [0.2, 0.25) is 0 Å². The Hall–Kier alpha value is -1.91. The molecule has 1 amide bonds. The number of carbonyl (C=O) groups excluding carboxylic acids is 2. The molecular weight excluding hydrogens is 280 g/mol. The maximum Gasteiger partial charge on any atom is 0.357 e. The molecule has 1 heterocycles. The van der Waals surface area contributed by atoms with Crippen molar-refractivity contribution in [2.45, 2.75) is 52.2 Å². The molecule has 1 saturated carbocycles. The highest BCUT2D eigenvalue weighted by molar-refractivity contribution is 5.90. The fraction of sp³-hybridized carbons (Fsp3) is 0.588. The largest absolute Gasteiger partial charge is 0.448 e. The number of hydrogen-bond donors (Lipinski definition) is 1. The molecule has 120 valence electrons. The lowest BCUT2D eigenvalue weighted by Gasteiger charge is -2.35. The second-order valence-corrected chi connectivity index (χ2v) is 6.14. The second kappa shape index (κ2) is 7.38. The van der Waals surface area contributed by atoms with E-state index in [2.05, 4.69) is 24.1 Å². The van der Waals surface area contributed by atoms with Crippen molar-refractivity contribution in [1.82, 2.24) is 10.3 Å². The van der Waals surface area contributed by atoms with Gasteiger partial charge >= 0.3 is 5.97 Å². The first-order chi connectivity index (χ1) is 10.5. The summed E-state index contributed by atoms with van der Waals surface area (Å²) in [6.45, 7) is 5.97. The zero-order valence-corrected chi connectivity index (χ0v) is 13.4. The molecule has 5 heteroatoms. The van der Waals surface area contributed by atoms with Crippen LogP contribution in [0, 0.1) is 11.8 Å². The van der Waals surface area contributed by atoms with Gasteiger partial charge in [-0.3, -0.25) is 4.79 Å². The number of esters is 1. The molecule has 22 heavy (non-hydrogen) atoms. The number of pyridine rings is 1. The van der Waals surface area contributed by atoms with Gasteiger partial charge in [-0.25, -0.2) is 9.78 Å². The summed E-state index contributed by atoms with van der Waals surface area (Å²) in [5.41, 5.74) is 0.210. The van der Waals surface area contributed by atoms with Crippen LogP contribution in [0.5, 0.6) is 0 Å². The number of hydrogen-bond acceptors (Lipinski definition) is 4. The van der Waals surface area contributed by atoms with Crippen LogP contribution >= 0.6 is 0 Å². The number of amides is 1. The molecular formula is C17H24N2O3. The summed E-state index contributed by atoms with van der Waals surface area (Å²) in [4.78, 5) is 28.0. The van der Waals surface area contributed by atoms with Crippen molar-refractivity contribution in [3.63, 3.8) is 0 Å². The molecule has 1 fully saturated rings. The Bertz CT molecular complexity index is 518. The fourth-order valence-electron chi connectivity index (χ4n) is 2.84. The van der Waals surface area contributed by atoms with Gasteiger partial charge in [0.05, 0.1) is 0 Å². The molecule has 1 aromatic heterocycles. The van der Waals surface area contributed by atoms with E-state index < -0.39 is 12.1 Å². The summed E-state index contributed by atoms with van der Waals surface area (Å²) in [6.07, 6.45) is 4.01. The van der Waals surface area contributed by atoms with Gasteiger partial charge in [-0.2, -0.15) is 0 Å². The lowest BCUT2D eigenvalue weighted by atomic mass is 9.78. The average molecular weight is 304 g/mol. The molecule has 0 aliphatic heterocycles. The number of rotatable bonds is 4. The predicted octanol–water partition coefficient (Wildman–Crippen LogP) is 2.57. The highest BCUT2D eigenvalue weighted by atomic mass is 16.5. The summed E-state index contributed by atoms with van der Waals surface area (Å²) in [5, 5.41) is 3.02. The van der Waals surface area contributed by atoms with Crippen LogP contribution in [0.3, 0.4) is 0 Å². The lowest BCUT2D eigenvalue weighted by molar-refractivity contribution is -0.130. The number of nitrogens with zero attached hydrogens (tertiary/aromatic N) is 1. The number of carbonyl (C=O) groups is 2. The number of ether oxygens (including phenoxy) is 1. The minimum Gasteiger partial charge on any atom is -0.448 e. The van der Waals surface area contributed by atoms with Crippen LogP contribution in [0.15, 0.2) is 24.4 Å². The van der Waals surface area contributed by atoms with Crippen molar-refractivity contribution in [1.29, 1.82) is 0 Å². The highest BCUT2D eigenvalue weighted by Gasteiger charge is 2.30.